The van der Waals surface area contributed by atoms with Crippen molar-refractivity contribution < 1.29 is 18.0 Å². The first kappa shape index (κ1) is 22.1. The van der Waals surface area contributed by atoms with Gasteiger partial charge in [-0.3, -0.25) is 9.59 Å². The number of benzene rings is 1. The predicted octanol–water partition coefficient (Wildman–Crippen LogP) is 0.709. The molecule has 0 aliphatic rings. The van der Waals surface area contributed by atoms with E-state index in [2.05, 4.69) is 5.32 Å². The highest BCUT2D eigenvalue weighted by atomic mass is 32.2. The second-order valence-electron chi connectivity index (χ2n) is 7.08. The Morgan fingerprint density at radius 1 is 1.15 bits per heavy atom. The second kappa shape index (κ2) is 8.61. The summed E-state index contributed by atoms with van der Waals surface area (Å²) >= 11 is 0. The van der Waals surface area contributed by atoms with E-state index in [0.29, 0.717) is 18.8 Å². The summed E-state index contributed by atoms with van der Waals surface area (Å²) in [4.78, 5) is 24.9. The monoisotopic (exact) mass is 384 g/mol. The molecule has 0 saturated carbocycles. The summed E-state index contributed by atoms with van der Waals surface area (Å²) in [5.74, 6) is -0.556. The van der Waals surface area contributed by atoms with Crippen molar-refractivity contribution in [3.8, 4) is 0 Å². The molecule has 0 unspecified atom stereocenters. The van der Waals surface area contributed by atoms with Gasteiger partial charge in [-0.05, 0) is 36.2 Å². The molecule has 3 N–H and O–H groups in total. The molecule has 0 aliphatic carbocycles. The van der Waals surface area contributed by atoms with Crippen LogP contribution in [0.3, 0.4) is 0 Å². The van der Waals surface area contributed by atoms with E-state index >= 15 is 0 Å². The van der Waals surface area contributed by atoms with Crippen LogP contribution in [0.25, 0.3) is 0 Å². The predicted molar refractivity (Wildman–Crippen MR) is 101 cm³/mol. The zero-order valence-corrected chi connectivity index (χ0v) is 16.8. The fourth-order valence-electron chi connectivity index (χ4n) is 2.28. The quantitative estimate of drug-likeness (QED) is 0.685. The maximum Gasteiger partial charge on any atom is 0.243 e. The van der Waals surface area contributed by atoms with E-state index in [1.165, 1.54) is 43.1 Å². The molecule has 0 heterocycles. The number of carbonyl (C=O) groups is 2. The molecule has 0 radical (unpaired) electrons. The normalized spacial score (nSPS) is 12.1. The van der Waals surface area contributed by atoms with Crippen LogP contribution < -0.4 is 11.1 Å². The van der Waals surface area contributed by atoms with E-state index < -0.39 is 10.0 Å². The Labute approximate surface area is 155 Å². The van der Waals surface area contributed by atoms with Crippen LogP contribution in [-0.4, -0.2) is 63.2 Å². The molecule has 0 bridgehead atoms. The number of nitrogens with two attached hydrogens (primary N) is 1. The Hall–Kier alpha value is -1.97. The molecular formula is C17H28N4O4S. The lowest BCUT2D eigenvalue weighted by Gasteiger charge is -2.30. The van der Waals surface area contributed by atoms with Crippen LogP contribution in [0.2, 0.25) is 0 Å². The average molecular weight is 385 g/mol. The van der Waals surface area contributed by atoms with Gasteiger partial charge in [0, 0.05) is 33.3 Å². The van der Waals surface area contributed by atoms with Crippen LogP contribution in [-0.2, 0) is 19.6 Å². The smallest absolute Gasteiger partial charge is 0.243 e. The third kappa shape index (κ3) is 6.08. The average Bonchev–Trinajstić information content (AvgIpc) is 2.54. The lowest BCUT2D eigenvalue weighted by molar-refractivity contribution is -0.131. The lowest BCUT2D eigenvalue weighted by Crippen LogP contribution is -2.44. The molecule has 1 aromatic carbocycles. The van der Waals surface area contributed by atoms with Crippen molar-refractivity contribution in [2.45, 2.75) is 25.7 Å². The van der Waals surface area contributed by atoms with Crippen molar-refractivity contribution in [1.29, 1.82) is 0 Å². The van der Waals surface area contributed by atoms with Gasteiger partial charge in [-0.1, -0.05) is 13.8 Å². The highest BCUT2D eigenvalue weighted by Crippen LogP contribution is 2.18. The maximum atomic E-state index is 12.6. The molecule has 0 fully saturated rings. The second-order valence-corrected chi connectivity index (χ2v) is 9.13. The first-order chi connectivity index (χ1) is 11.9. The molecule has 0 atom stereocenters. The Morgan fingerprint density at radius 2 is 1.69 bits per heavy atom. The van der Waals surface area contributed by atoms with E-state index in [1.54, 1.807) is 7.05 Å². The van der Waals surface area contributed by atoms with Gasteiger partial charge in [-0.15, -0.1) is 0 Å². The maximum absolute atomic E-state index is 12.6. The summed E-state index contributed by atoms with van der Waals surface area (Å²) in [6.07, 6.45) is 0. The molecule has 9 heteroatoms. The number of sulfonamides is 1. The topological polar surface area (TPSA) is 113 Å². The number of nitrogens with one attached hydrogen (secondary N) is 1. The van der Waals surface area contributed by atoms with Gasteiger partial charge >= 0.3 is 0 Å². The zero-order valence-electron chi connectivity index (χ0n) is 15.9. The van der Waals surface area contributed by atoms with Crippen LogP contribution in [0, 0.1) is 5.41 Å². The molecule has 26 heavy (non-hydrogen) atoms. The summed E-state index contributed by atoms with van der Waals surface area (Å²) < 4.78 is 26.2. The summed E-state index contributed by atoms with van der Waals surface area (Å²) in [6, 6.07) is 5.78. The van der Waals surface area contributed by atoms with Crippen molar-refractivity contribution in [2.24, 2.45) is 11.1 Å². The Bertz CT molecular complexity index is 745. The van der Waals surface area contributed by atoms with E-state index in [-0.39, 0.29) is 28.7 Å². The number of nitrogens with zero attached hydrogens (tertiary/aromatic N) is 2. The highest BCUT2D eigenvalue weighted by molar-refractivity contribution is 7.89. The van der Waals surface area contributed by atoms with E-state index in [1.807, 2.05) is 13.8 Å². The van der Waals surface area contributed by atoms with Gasteiger partial charge in [-0.2, -0.15) is 4.31 Å². The van der Waals surface area contributed by atoms with E-state index in [4.69, 9.17) is 5.73 Å². The first-order valence-electron chi connectivity index (χ1n) is 8.17. The van der Waals surface area contributed by atoms with Gasteiger partial charge in [0.1, 0.15) is 0 Å². The molecule has 8 nitrogen and oxygen atoms in total. The van der Waals surface area contributed by atoms with Gasteiger partial charge in [0.05, 0.1) is 11.4 Å². The molecular weight excluding hydrogens is 356 g/mol. The SMILES string of the molecule is CC(=O)Nc1ccc(S(=O)(=O)N(C)CC(=O)N(C)CC(C)(C)CN)cc1. The van der Waals surface area contributed by atoms with Crippen LogP contribution >= 0.6 is 0 Å². The van der Waals surface area contributed by atoms with Crippen LogP contribution in [0.5, 0.6) is 0 Å². The summed E-state index contributed by atoms with van der Waals surface area (Å²) in [7, 11) is -0.828. The molecule has 1 rings (SSSR count). The number of hydrogen-bond donors (Lipinski definition) is 2. The van der Waals surface area contributed by atoms with Crippen molar-refractivity contribution in [1.82, 2.24) is 9.21 Å². The molecule has 0 aliphatic heterocycles. The van der Waals surface area contributed by atoms with Crippen LogP contribution in [0.4, 0.5) is 5.69 Å². The largest absolute Gasteiger partial charge is 0.344 e. The molecule has 0 saturated heterocycles. The van der Waals surface area contributed by atoms with Crippen molar-refractivity contribution in [2.75, 3.05) is 39.0 Å². The minimum atomic E-state index is -3.81. The number of rotatable bonds is 8. The van der Waals surface area contributed by atoms with Gasteiger partial charge < -0.3 is 16.0 Å². The highest BCUT2D eigenvalue weighted by Gasteiger charge is 2.26. The third-order valence-electron chi connectivity index (χ3n) is 3.88. The zero-order chi connectivity index (χ0) is 20.1. The lowest BCUT2D eigenvalue weighted by atomic mass is 9.93. The fourth-order valence-corrected chi connectivity index (χ4v) is 3.40. The van der Waals surface area contributed by atoms with Gasteiger partial charge in [0.25, 0.3) is 0 Å². The third-order valence-corrected chi connectivity index (χ3v) is 5.70. The minimum absolute atomic E-state index is 0.0480. The Balaban J connectivity index is 2.82. The van der Waals surface area contributed by atoms with Crippen molar-refractivity contribution >= 4 is 27.5 Å². The number of carbonyl (C=O) groups excluding carboxylic acids is 2. The number of amides is 2. The van der Waals surface area contributed by atoms with Crippen molar-refractivity contribution in [3.05, 3.63) is 24.3 Å². The molecule has 1 aromatic rings. The summed E-state index contributed by atoms with van der Waals surface area (Å²) in [5, 5.41) is 2.57. The van der Waals surface area contributed by atoms with Gasteiger partial charge in [0.2, 0.25) is 21.8 Å². The fraction of sp³-hybridized carbons (Fsp3) is 0.529. The van der Waals surface area contributed by atoms with Crippen LogP contribution in [0.1, 0.15) is 20.8 Å². The molecule has 0 spiro atoms. The Kier molecular flexibility index (Phi) is 7.31. The van der Waals surface area contributed by atoms with Gasteiger partial charge in [0.15, 0.2) is 0 Å². The van der Waals surface area contributed by atoms with E-state index in [0.717, 1.165) is 4.31 Å². The molecule has 146 valence electrons. The summed E-state index contributed by atoms with van der Waals surface area (Å²) in [6.45, 7) is 5.82. The minimum Gasteiger partial charge on any atom is -0.344 e. The van der Waals surface area contributed by atoms with Gasteiger partial charge in [-0.25, -0.2) is 8.42 Å². The number of anilines is 1. The van der Waals surface area contributed by atoms with E-state index in [9.17, 15) is 18.0 Å². The van der Waals surface area contributed by atoms with Crippen LogP contribution in [0.15, 0.2) is 29.2 Å². The number of hydrogen-bond acceptors (Lipinski definition) is 5. The molecule has 2 amide bonds. The first-order valence-corrected chi connectivity index (χ1v) is 9.61. The van der Waals surface area contributed by atoms with Crippen molar-refractivity contribution in [3.63, 3.8) is 0 Å². The standard InChI is InChI=1S/C17H28N4O4S/c1-13(22)19-14-6-8-15(9-7-14)26(24,25)21(5)10-16(23)20(4)12-17(2,3)11-18/h6-9H,10-12,18H2,1-5H3,(H,19,22). The Morgan fingerprint density at radius 3 is 2.15 bits per heavy atom. The molecule has 0 aromatic heterocycles. The number of likely N-dealkylation sites (N-methyl/N-ethyl adjacent to an activating group) is 2. The summed E-state index contributed by atoms with van der Waals surface area (Å²) in [5.41, 5.74) is 5.92.